The van der Waals surface area contributed by atoms with Gasteiger partial charge in [0.1, 0.15) is 0 Å². The molecule has 22 heavy (non-hydrogen) atoms. The molecule has 0 saturated heterocycles. The fourth-order valence-corrected chi connectivity index (χ4v) is 2.90. The summed E-state index contributed by atoms with van der Waals surface area (Å²) in [6.45, 7) is 0. The minimum Gasteiger partial charge on any atom is -0.369 e. The van der Waals surface area contributed by atoms with Gasteiger partial charge in [0.15, 0.2) is 0 Å². The van der Waals surface area contributed by atoms with Crippen molar-refractivity contribution in [1.29, 1.82) is 0 Å². The summed E-state index contributed by atoms with van der Waals surface area (Å²) in [6.07, 6.45) is 3.91. The number of aromatic nitrogens is 1. The van der Waals surface area contributed by atoms with Crippen LogP contribution < -0.4 is 11.5 Å². The third kappa shape index (κ3) is 3.14. The number of fused-ring (bicyclic) bond motifs is 1. The molecule has 1 atom stereocenters. The first-order valence-electron chi connectivity index (χ1n) is 7.00. The van der Waals surface area contributed by atoms with Crippen LogP contribution in [0.4, 0.5) is 0 Å². The minimum absolute atomic E-state index is 0. The maximum Gasteiger partial charge on any atom is 0.211 e. The molecule has 1 aliphatic rings. The Morgan fingerprint density at radius 2 is 1.86 bits per heavy atom. The van der Waals surface area contributed by atoms with Gasteiger partial charge in [0.25, 0.3) is 0 Å². The van der Waals surface area contributed by atoms with Crippen LogP contribution >= 0.6 is 12.4 Å². The van der Waals surface area contributed by atoms with E-state index in [2.05, 4.69) is 58.3 Å². The molecule has 116 valence electrons. The summed E-state index contributed by atoms with van der Waals surface area (Å²) in [5.74, 6) is 0.391. The predicted octanol–water partition coefficient (Wildman–Crippen LogP) is 2.15. The summed E-state index contributed by atoms with van der Waals surface area (Å²) in [7, 11) is 2.06. The molecule has 2 aromatic rings. The van der Waals surface area contributed by atoms with Crippen molar-refractivity contribution in [2.45, 2.75) is 18.8 Å². The number of benzene rings is 1. The second-order valence-electron chi connectivity index (χ2n) is 5.37. The molecule has 4 N–H and O–H groups in total. The molecule has 1 heterocycles. The van der Waals surface area contributed by atoms with Crippen molar-refractivity contribution in [1.82, 2.24) is 4.57 Å². The zero-order chi connectivity index (χ0) is 14.8. The standard InChI is InChI=1S/C16H19N5.ClH/c1-21-8-7-13-14(19-20-16(17)18)9-12(10-15(13)21)11-5-3-2-4-6-11;/h2-8,12H,9-10H2,1H3,(H4,17,18,20);1H/b19-14+;. The third-order valence-corrected chi connectivity index (χ3v) is 3.95. The average molecular weight is 318 g/mol. The molecule has 6 heteroatoms. The topological polar surface area (TPSA) is 81.7 Å². The molecule has 1 unspecified atom stereocenters. The lowest BCUT2D eigenvalue weighted by Crippen LogP contribution is -2.23. The van der Waals surface area contributed by atoms with Crippen molar-refractivity contribution in [2.24, 2.45) is 28.7 Å². The highest BCUT2D eigenvalue weighted by Crippen LogP contribution is 2.33. The van der Waals surface area contributed by atoms with E-state index in [0.29, 0.717) is 5.92 Å². The van der Waals surface area contributed by atoms with Gasteiger partial charge in [0, 0.05) is 24.5 Å². The lowest BCUT2D eigenvalue weighted by molar-refractivity contribution is 0.654. The Balaban J connectivity index is 0.00000176. The zero-order valence-electron chi connectivity index (χ0n) is 12.4. The van der Waals surface area contributed by atoms with Gasteiger partial charge in [-0.05, 0) is 30.4 Å². The normalized spacial score (nSPS) is 18.4. The molecule has 0 radical (unpaired) electrons. The van der Waals surface area contributed by atoms with Gasteiger partial charge >= 0.3 is 0 Å². The van der Waals surface area contributed by atoms with Crippen molar-refractivity contribution < 1.29 is 0 Å². The molecule has 1 aromatic heterocycles. The van der Waals surface area contributed by atoms with Crippen LogP contribution in [0.2, 0.25) is 0 Å². The van der Waals surface area contributed by atoms with Crippen molar-refractivity contribution >= 4 is 24.1 Å². The van der Waals surface area contributed by atoms with E-state index < -0.39 is 0 Å². The SMILES string of the molecule is Cl.Cn1ccc2c1CC(c1ccccc1)C/C2=N\N=C(N)N. The van der Waals surface area contributed by atoms with E-state index in [0.717, 1.165) is 24.1 Å². The molecule has 0 bridgehead atoms. The number of rotatable bonds is 2. The van der Waals surface area contributed by atoms with Crippen molar-refractivity contribution in [3.8, 4) is 0 Å². The van der Waals surface area contributed by atoms with Gasteiger partial charge in [-0.2, -0.15) is 5.10 Å². The monoisotopic (exact) mass is 317 g/mol. The van der Waals surface area contributed by atoms with Gasteiger partial charge in [0.2, 0.25) is 5.96 Å². The van der Waals surface area contributed by atoms with Gasteiger partial charge < -0.3 is 16.0 Å². The van der Waals surface area contributed by atoms with Crippen molar-refractivity contribution in [3.63, 3.8) is 0 Å². The van der Waals surface area contributed by atoms with Gasteiger partial charge in [-0.1, -0.05) is 30.3 Å². The average Bonchev–Trinajstić information content (AvgIpc) is 2.87. The molecule has 1 aliphatic carbocycles. The predicted molar refractivity (Wildman–Crippen MR) is 92.5 cm³/mol. The number of hydrogen-bond donors (Lipinski definition) is 2. The lowest BCUT2D eigenvalue weighted by Gasteiger charge is -2.24. The van der Waals surface area contributed by atoms with Crippen LogP contribution in [0.3, 0.4) is 0 Å². The van der Waals surface area contributed by atoms with Crippen LogP contribution in [0.25, 0.3) is 0 Å². The summed E-state index contributed by atoms with van der Waals surface area (Å²) in [6, 6.07) is 12.6. The fourth-order valence-electron chi connectivity index (χ4n) is 2.90. The highest BCUT2D eigenvalue weighted by atomic mass is 35.5. The van der Waals surface area contributed by atoms with Gasteiger partial charge in [0.05, 0.1) is 5.71 Å². The number of hydrogen-bond acceptors (Lipinski definition) is 2. The van der Waals surface area contributed by atoms with E-state index >= 15 is 0 Å². The zero-order valence-corrected chi connectivity index (χ0v) is 13.3. The van der Waals surface area contributed by atoms with E-state index in [1.807, 2.05) is 6.07 Å². The van der Waals surface area contributed by atoms with E-state index in [4.69, 9.17) is 11.5 Å². The molecular formula is C16H20ClN5. The third-order valence-electron chi connectivity index (χ3n) is 3.95. The second kappa shape index (κ2) is 6.66. The molecule has 3 rings (SSSR count). The molecule has 0 aliphatic heterocycles. The summed E-state index contributed by atoms with van der Waals surface area (Å²) < 4.78 is 2.15. The van der Waals surface area contributed by atoms with Crippen LogP contribution in [0.1, 0.15) is 29.2 Å². The quantitative estimate of drug-likeness (QED) is 0.505. The first-order valence-corrected chi connectivity index (χ1v) is 7.00. The van der Waals surface area contributed by atoms with Crippen LogP contribution in [0.15, 0.2) is 52.8 Å². The molecule has 0 spiro atoms. The molecule has 0 fully saturated rings. The largest absolute Gasteiger partial charge is 0.369 e. The van der Waals surface area contributed by atoms with Crippen LogP contribution in [0.5, 0.6) is 0 Å². The molecular weight excluding hydrogens is 298 g/mol. The number of nitrogens with two attached hydrogens (primary N) is 2. The lowest BCUT2D eigenvalue weighted by atomic mass is 9.82. The number of aryl methyl sites for hydroxylation is 1. The maximum atomic E-state index is 5.40. The molecule has 1 aromatic carbocycles. The van der Waals surface area contributed by atoms with Crippen LogP contribution in [-0.4, -0.2) is 16.2 Å². The summed E-state index contributed by atoms with van der Waals surface area (Å²) in [5.41, 5.74) is 15.5. The summed E-state index contributed by atoms with van der Waals surface area (Å²) >= 11 is 0. The smallest absolute Gasteiger partial charge is 0.211 e. The van der Waals surface area contributed by atoms with Crippen LogP contribution in [-0.2, 0) is 13.5 Å². The summed E-state index contributed by atoms with van der Waals surface area (Å²) in [5, 5.41) is 8.09. The van der Waals surface area contributed by atoms with E-state index in [9.17, 15) is 0 Å². The number of halogens is 1. The maximum absolute atomic E-state index is 5.40. The van der Waals surface area contributed by atoms with E-state index in [-0.39, 0.29) is 18.4 Å². The Morgan fingerprint density at radius 3 is 2.55 bits per heavy atom. The fraction of sp³-hybridized carbons (Fsp3) is 0.250. The minimum atomic E-state index is -0.0122. The van der Waals surface area contributed by atoms with Gasteiger partial charge in [-0.3, -0.25) is 0 Å². The van der Waals surface area contributed by atoms with E-state index in [1.165, 1.54) is 11.3 Å². The highest BCUT2D eigenvalue weighted by molar-refractivity contribution is 6.03. The Morgan fingerprint density at radius 1 is 1.14 bits per heavy atom. The Bertz CT molecular complexity index is 699. The molecule has 0 amide bonds. The van der Waals surface area contributed by atoms with Crippen molar-refractivity contribution in [2.75, 3.05) is 0 Å². The second-order valence-corrected chi connectivity index (χ2v) is 5.37. The Labute approximate surface area is 136 Å². The first-order chi connectivity index (χ1) is 10.1. The Kier molecular flexibility index (Phi) is 4.88. The Hall–Kier alpha value is -2.27. The molecule has 0 saturated carbocycles. The van der Waals surface area contributed by atoms with Crippen LogP contribution in [0, 0.1) is 0 Å². The molecule has 5 nitrogen and oxygen atoms in total. The highest BCUT2D eigenvalue weighted by Gasteiger charge is 2.26. The van der Waals surface area contributed by atoms with Gasteiger partial charge in [-0.25, -0.2) is 0 Å². The van der Waals surface area contributed by atoms with E-state index in [1.54, 1.807) is 0 Å². The number of guanidine groups is 1. The number of nitrogens with zero attached hydrogens (tertiary/aromatic N) is 3. The summed E-state index contributed by atoms with van der Waals surface area (Å²) in [4.78, 5) is 0. The first kappa shape index (κ1) is 16.1. The van der Waals surface area contributed by atoms with Crippen molar-refractivity contribution in [3.05, 3.63) is 59.4 Å². The van der Waals surface area contributed by atoms with Gasteiger partial charge in [-0.15, -0.1) is 17.5 Å².